The molecule has 0 spiro atoms. The fourth-order valence-electron chi connectivity index (χ4n) is 1.94. The largest absolute Gasteiger partial charge is 0.352 e. The summed E-state index contributed by atoms with van der Waals surface area (Å²) in [7, 11) is 0. The predicted octanol–water partition coefficient (Wildman–Crippen LogP) is 2.91. The maximum absolute atomic E-state index is 11.5. The fraction of sp³-hybridized carbons (Fsp3) is 0.533. The molecule has 2 rings (SSSR count). The van der Waals surface area contributed by atoms with Crippen LogP contribution in [0.3, 0.4) is 0 Å². The van der Waals surface area contributed by atoms with E-state index in [1.807, 2.05) is 0 Å². The van der Waals surface area contributed by atoms with E-state index in [1.165, 1.54) is 11.1 Å². The highest BCUT2D eigenvalue weighted by Gasteiger charge is 2.29. The third kappa shape index (κ3) is 3.88. The highest BCUT2D eigenvalue weighted by Crippen LogP contribution is 2.28. The second-order valence-electron chi connectivity index (χ2n) is 5.41. The minimum atomic E-state index is 0.219. The first-order valence-corrected chi connectivity index (χ1v) is 6.50. The third-order valence-corrected chi connectivity index (χ3v) is 3.08. The second kappa shape index (κ2) is 5.35. The molecule has 0 heterocycles. The summed E-state index contributed by atoms with van der Waals surface area (Å²) in [6.45, 7) is 5.12. The van der Waals surface area contributed by atoms with E-state index in [0.29, 0.717) is 18.4 Å². The molecule has 1 N–H and O–H groups in total. The van der Waals surface area contributed by atoms with Crippen LogP contribution in [-0.4, -0.2) is 5.91 Å². The summed E-state index contributed by atoms with van der Waals surface area (Å²) in [4.78, 5) is 11.5. The lowest BCUT2D eigenvalue weighted by molar-refractivity contribution is -0.122. The SMILES string of the molecule is CC(C)Cc1ccc(CNC(=O)C2CC2)cc1. The third-order valence-electron chi connectivity index (χ3n) is 3.08. The molecular formula is C15H21NO. The van der Waals surface area contributed by atoms with Crippen molar-refractivity contribution in [2.75, 3.05) is 0 Å². The number of amides is 1. The molecule has 2 heteroatoms. The van der Waals surface area contributed by atoms with Gasteiger partial charge in [-0.3, -0.25) is 4.79 Å². The number of carbonyl (C=O) groups is 1. The van der Waals surface area contributed by atoms with Crippen molar-refractivity contribution in [1.29, 1.82) is 0 Å². The Bertz CT molecular complexity index is 376. The zero-order valence-electron chi connectivity index (χ0n) is 10.7. The molecule has 17 heavy (non-hydrogen) atoms. The van der Waals surface area contributed by atoms with Crippen LogP contribution in [0.2, 0.25) is 0 Å². The molecule has 2 nitrogen and oxygen atoms in total. The van der Waals surface area contributed by atoms with Gasteiger partial charge in [-0.25, -0.2) is 0 Å². The molecule has 0 aliphatic heterocycles. The Balaban J connectivity index is 1.82. The zero-order valence-corrected chi connectivity index (χ0v) is 10.7. The quantitative estimate of drug-likeness (QED) is 0.829. The fourth-order valence-corrected chi connectivity index (χ4v) is 1.94. The molecule has 1 aliphatic rings. The van der Waals surface area contributed by atoms with Crippen LogP contribution < -0.4 is 5.32 Å². The summed E-state index contributed by atoms with van der Waals surface area (Å²) in [5.41, 5.74) is 2.56. The predicted molar refractivity (Wildman–Crippen MR) is 69.6 cm³/mol. The van der Waals surface area contributed by atoms with Gasteiger partial charge in [0.2, 0.25) is 5.91 Å². The maximum Gasteiger partial charge on any atom is 0.223 e. The van der Waals surface area contributed by atoms with Crippen LogP contribution in [0.25, 0.3) is 0 Å². The number of rotatable bonds is 5. The van der Waals surface area contributed by atoms with E-state index in [1.54, 1.807) is 0 Å². The van der Waals surface area contributed by atoms with Crippen LogP contribution in [0.1, 0.15) is 37.8 Å². The standard InChI is InChI=1S/C15H21NO/c1-11(2)9-12-3-5-13(6-4-12)10-16-15(17)14-7-8-14/h3-6,11,14H,7-10H2,1-2H3,(H,16,17). The van der Waals surface area contributed by atoms with Crippen molar-refractivity contribution in [1.82, 2.24) is 5.32 Å². The lowest BCUT2D eigenvalue weighted by Crippen LogP contribution is -2.24. The molecule has 1 aliphatic carbocycles. The first kappa shape index (κ1) is 12.2. The summed E-state index contributed by atoms with van der Waals surface area (Å²) < 4.78 is 0. The van der Waals surface area contributed by atoms with E-state index < -0.39 is 0 Å². The average molecular weight is 231 g/mol. The van der Waals surface area contributed by atoms with Gasteiger partial charge >= 0.3 is 0 Å². The van der Waals surface area contributed by atoms with Gasteiger partial charge in [-0.1, -0.05) is 38.1 Å². The Labute approximate surface area is 103 Å². The maximum atomic E-state index is 11.5. The Morgan fingerprint density at radius 2 is 1.82 bits per heavy atom. The lowest BCUT2D eigenvalue weighted by Gasteiger charge is -2.07. The summed E-state index contributed by atoms with van der Waals surface area (Å²) in [6.07, 6.45) is 3.26. The van der Waals surface area contributed by atoms with Crippen molar-refractivity contribution in [3.05, 3.63) is 35.4 Å². The van der Waals surface area contributed by atoms with Crippen LogP contribution >= 0.6 is 0 Å². The van der Waals surface area contributed by atoms with Crippen LogP contribution in [0.5, 0.6) is 0 Å². The zero-order chi connectivity index (χ0) is 12.3. The monoisotopic (exact) mass is 231 g/mol. The Morgan fingerprint density at radius 3 is 2.35 bits per heavy atom. The number of carbonyl (C=O) groups excluding carboxylic acids is 1. The molecule has 0 unspecified atom stereocenters. The van der Waals surface area contributed by atoms with E-state index in [-0.39, 0.29) is 5.91 Å². The Kier molecular flexibility index (Phi) is 3.82. The van der Waals surface area contributed by atoms with Crippen molar-refractivity contribution in [3.8, 4) is 0 Å². The minimum absolute atomic E-state index is 0.219. The molecule has 0 saturated heterocycles. The van der Waals surface area contributed by atoms with Gasteiger partial charge in [0, 0.05) is 12.5 Å². The number of nitrogens with one attached hydrogen (secondary N) is 1. The lowest BCUT2D eigenvalue weighted by atomic mass is 10.0. The van der Waals surface area contributed by atoms with E-state index >= 15 is 0 Å². The average Bonchev–Trinajstić information content (AvgIpc) is 3.11. The number of benzene rings is 1. The first-order valence-electron chi connectivity index (χ1n) is 6.50. The van der Waals surface area contributed by atoms with Gasteiger partial charge in [-0.05, 0) is 36.3 Å². The second-order valence-corrected chi connectivity index (χ2v) is 5.41. The number of hydrogen-bond acceptors (Lipinski definition) is 1. The van der Waals surface area contributed by atoms with Gasteiger partial charge in [-0.15, -0.1) is 0 Å². The normalized spacial score (nSPS) is 15.0. The van der Waals surface area contributed by atoms with Crippen LogP contribution in [0.4, 0.5) is 0 Å². The van der Waals surface area contributed by atoms with Gasteiger partial charge in [0.15, 0.2) is 0 Å². The van der Waals surface area contributed by atoms with E-state index in [4.69, 9.17) is 0 Å². The first-order chi connectivity index (χ1) is 8.15. The number of hydrogen-bond donors (Lipinski definition) is 1. The van der Waals surface area contributed by atoms with E-state index in [0.717, 1.165) is 19.3 Å². The van der Waals surface area contributed by atoms with E-state index in [9.17, 15) is 4.79 Å². The smallest absolute Gasteiger partial charge is 0.223 e. The molecule has 0 bridgehead atoms. The van der Waals surface area contributed by atoms with Crippen LogP contribution in [0, 0.1) is 11.8 Å². The summed E-state index contributed by atoms with van der Waals surface area (Å²) in [5.74, 6) is 1.21. The molecule has 1 aromatic rings. The van der Waals surface area contributed by atoms with Crippen molar-refractivity contribution in [3.63, 3.8) is 0 Å². The molecule has 0 aromatic heterocycles. The van der Waals surface area contributed by atoms with Crippen molar-refractivity contribution in [2.24, 2.45) is 11.8 Å². The highest BCUT2D eigenvalue weighted by atomic mass is 16.2. The van der Waals surface area contributed by atoms with Crippen LogP contribution in [-0.2, 0) is 17.8 Å². The highest BCUT2D eigenvalue weighted by molar-refractivity contribution is 5.80. The Morgan fingerprint density at radius 1 is 1.24 bits per heavy atom. The molecule has 1 fully saturated rings. The minimum Gasteiger partial charge on any atom is -0.352 e. The summed E-state index contributed by atoms with van der Waals surface area (Å²) in [6, 6.07) is 8.56. The van der Waals surface area contributed by atoms with Crippen molar-refractivity contribution in [2.45, 2.75) is 39.7 Å². The molecule has 92 valence electrons. The molecule has 0 atom stereocenters. The van der Waals surface area contributed by atoms with Gasteiger partial charge in [0.1, 0.15) is 0 Å². The molecule has 1 aromatic carbocycles. The summed E-state index contributed by atoms with van der Waals surface area (Å²) in [5, 5.41) is 2.98. The Hall–Kier alpha value is -1.31. The van der Waals surface area contributed by atoms with Gasteiger partial charge in [0.05, 0.1) is 0 Å². The topological polar surface area (TPSA) is 29.1 Å². The van der Waals surface area contributed by atoms with Crippen molar-refractivity contribution >= 4 is 5.91 Å². The molecule has 1 saturated carbocycles. The summed E-state index contributed by atoms with van der Waals surface area (Å²) >= 11 is 0. The molecule has 0 radical (unpaired) electrons. The molecular weight excluding hydrogens is 210 g/mol. The van der Waals surface area contributed by atoms with Gasteiger partial charge in [0.25, 0.3) is 0 Å². The van der Waals surface area contributed by atoms with Crippen LogP contribution in [0.15, 0.2) is 24.3 Å². The van der Waals surface area contributed by atoms with Crippen molar-refractivity contribution < 1.29 is 4.79 Å². The van der Waals surface area contributed by atoms with Gasteiger partial charge < -0.3 is 5.32 Å². The van der Waals surface area contributed by atoms with E-state index in [2.05, 4.69) is 43.4 Å². The van der Waals surface area contributed by atoms with Gasteiger partial charge in [-0.2, -0.15) is 0 Å². The molecule has 1 amide bonds.